The molecule has 2 amide bonds. The van der Waals surface area contributed by atoms with Gasteiger partial charge < -0.3 is 19.5 Å². The van der Waals surface area contributed by atoms with E-state index in [0.717, 1.165) is 5.56 Å². The van der Waals surface area contributed by atoms with E-state index in [2.05, 4.69) is 31.8 Å². The van der Waals surface area contributed by atoms with Gasteiger partial charge in [-0.1, -0.05) is 23.7 Å². The Balaban J connectivity index is 1.49. The van der Waals surface area contributed by atoms with Crippen molar-refractivity contribution >= 4 is 45.6 Å². The maximum absolute atomic E-state index is 12.1. The summed E-state index contributed by atoms with van der Waals surface area (Å²) in [6.07, 6.45) is 1.56. The van der Waals surface area contributed by atoms with Crippen molar-refractivity contribution in [3.8, 4) is 17.2 Å². The molecule has 0 radical (unpaired) electrons. The van der Waals surface area contributed by atoms with Gasteiger partial charge in [-0.2, -0.15) is 5.10 Å². The third-order valence-corrected chi connectivity index (χ3v) is 5.78. The zero-order chi connectivity index (χ0) is 25.9. The van der Waals surface area contributed by atoms with E-state index in [1.54, 1.807) is 62.8 Å². The van der Waals surface area contributed by atoms with Crippen LogP contribution in [0.4, 0.5) is 0 Å². The molecule has 0 fully saturated rings. The fraction of sp³-hybridized carbons (Fsp3) is 0.192. The van der Waals surface area contributed by atoms with Gasteiger partial charge >= 0.3 is 0 Å². The lowest BCUT2D eigenvalue weighted by Crippen LogP contribution is -2.29. The van der Waals surface area contributed by atoms with Crippen LogP contribution < -0.4 is 25.0 Å². The van der Waals surface area contributed by atoms with Gasteiger partial charge in [-0.25, -0.2) is 5.43 Å². The number of carbonyl (C=O) groups excluding carboxylic acids is 2. The van der Waals surface area contributed by atoms with E-state index in [4.69, 9.17) is 25.8 Å². The molecule has 0 aromatic heterocycles. The normalized spacial score (nSPS) is 10.7. The highest BCUT2D eigenvalue weighted by Crippen LogP contribution is 2.36. The molecule has 0 saturated carbocycles. The van der Waals surface area contributed by atoms with E-state index in [1.165, 1.54) is 6.21 Å². The Bertz CT molecular complexity index is 1220. The number of carbonyl (C=O) groups is 2. The van der Waals surface area contributed by atoms with Crippen molar-refractivity contribution in [1.82, 2.24) is 10.7 Å². The van der Waals surface area contributed by atoms with E-state index in [-0.39, 0.29) is 24.8 Å². The zero-order valence-corrected chi connectivity index (χ0v) is 22.1. The molecular weight excluding hydrogens is 550 g/mol. The number of hydrogen-bond acceptors (Lipinski definition) is 6. The summed E-state index contributed by atoms with van der Waals surface area (Å²) in [7, 11) is 3.10. The van der Waals surface area contributed by atoms with Crippen LogP contribution in [0.25, 0.3) is 0 Å². The van der Waals surface area contributed by atoms with Gasteiger partial charge in [0.2, 0.25) is 5.91 Å². The molecule has 3 aromatic carbocycles. The number of nitrogens with zero attached hydrogens (tertiary/aromatic N) is 1. The SMILES string of the molecule is COc1ccc(C(=O)NCCC(=O)NN=Cc2cc(Br)c(OCc3ccc(Cl)cc3)c(OC)c2)cc1. The van der Waals surface area contributed by atoms with Crippen molar-refractivity contribution in [2.24, 2.45) is 5.10 Å². The minimum Gasteiger partial charge on any atom is -0.497 e. The second-order valence-corrected chi connectivity index (χ2v) is 8.77. The third-order valence-electron chi connectivity index (χ3n) is 4.94. The zero-order valence-electron chi connectivity index (χ0n) is 19.7. The van der Waals surface area contributed by atoms with E-state index >= 15 is 0 Å². The first-order chi connectivity index (χ1) is 17.4. The van der Waals surface area contributed by atoms with Crippen molar-refractivity contribution in [1.29, 1.82) is 0 Å². The Morgan fingerprint density at radius 1 is 1.03 bits per heavy atom. The average molecular weight is 575 g/mol. The summed E-state index contributed by atoms with van der Waals surface area (Å²) in [6.45, 7) is 0.510. The largest absolute Gasteiger partial charge is 0.497 e. The van der Waals surface area contributed by atoms with Crippen LogP contribution >= 0.6 is 27.5 Å². The number of hydrogen-bond donors (Lipinski definition) is 2. The number of nitrogens with one attached hydrogen (secondary N) is 2. The summed E-state index contributed by atoms with van der Waals surface area (Å²) in [4.78, 5) is 24.2. The Hall–Kier alpha value is -3.56. The lowest BCUT2D eigenvalue weighted by Gasteiger charge is -2.13. The van der Waals surface area contributed by atoms with Gasteiger partial charge in [0.15, 0.2) is 11.5 Å². The molecule has 188 valence electrons. The summed E-state index contributed by atoms with van der Waals surface area (Å²) in [6, 6.07) is 17.6. The van der Waals surface area contributed by atoms with Gasteiger partial charge in [-0.15, -0.1) is 0 Å². The Labute approximate surface area is 222 Å². The summed E-state index contributed by atoms with van der Waals surface area (Å²) in [5.41, 5.74) is 4.57. The Morgan fingerprint density at radius 2 is 1.75 bits per heavy atom. The van der Waals surface area contributed by atoms with Crippen LogP contribution in [-0.4, -0.2) is 38.8 Å². The fourth-order valence-electron chi connectivity index (χ4n) is 3.06. The number of methoxy groups -OCH3 is 2. The van der Waals surface area contributed by atoms with E-state index < -0.39 is 0 Å². The van der Waals surface area contributed by atoms with Gasteiger partial charge in [0, 0.05) is 23.6 Å². The number of ether oxygens (including phenoxy) is 3. The Morgan fingerprint density at radius 3 is 2.42 bits per heavy atom. The molecular formula is C26H25BrClN3O5. The van der Waals surface area contributed by atoms with Gasteiger partial charge in [0.05, 0.1) is 24.9 Å². The van der Waals surface area contributed by atoms with Crippen LogP contribution in [0, 0.1) is 0 Å². The summed E-state index contributed by atoms with van der Waals surface area (Å²) < 4.78 is 17.1. The topological polar surface area (TPSA) is 98.2 Å². The average Bonchev–Trinajstić information content (AvgIpc) is 2.88. The van der Waals surface area contributed by atoms with Crippen LogP contribution in [0.3, 0.4) is 0 Å². The Kier molecular flexibility index (Phi) is 10.1. The maximum Gasteiger partial charge on any atom is 0.251 e. The first-order valence-corrected chi connectivity index (χ1v) is 12.1. The molecule has 0 unspecified atom stereocenters. The van der Waals surface area contributed by atoms with Crippen molar-refractivity contribution in [3.05, 3.63) is 86.8 Å². The fourth-order valence-corrected chi connectivity index (χ4v) is 3.76. The van der Waals surface area contributed by atoms with Crippen molar-refractivity contribution in [2.45, 2.75) is 13.0 Å². The van der Waals surface area contributed by atoms with Gasteiger partial charge in [-0.3, -0.25) is 9.59 Å². The number of halogens is 2. The standard InChI is InChI=1S/C26H25BrClN3O5/c1-34-21-9-5-19(6-10-21)26(33)29-12-11-24(32)31-30-15-18-13-22(27)25(23(14-18)35-2)36-16-17-3-7-20(28)8-4-17/h3-10,13-15H,11-12,16H2,1-2H3,(H,29,33)(H,31,32). The molecule has 0 atom stereocenters. The van der Waals surface area contributed by atoms with Crippen LogP contribution in [-0.2, 0) is 11.4 Å². The predicted octanol–water partition coefficient (Wildman–Crippen LogP) is 4.97. The summed E-state index contributed by atoms with van der Waals surface area (Å²) in [5.74, 6) is 1.10. The predicted molar refractivity (Wildman–Crippen MR) is 142 cm³/mol. The third kappa shape index (κ3) is 8.00. The van der Waals surface area contributed by atoms with Crippen molar-refractivity contribution in [3.63, 3.8) is 0 Å². The number of hydrazone groups is 1. The minimum absolute atomic E-state index is 0.0731. The number of benzene rings is 3. The second kappa shape index (κ2) is 13.5. The van der Waals surface area contributed by atoms with E-state index in [9.17, 15) is 9.59 Å². The van der Waals surface area contributed by atoms with Crippen molar-refractivity contribution in [2.75, 3.05) is 20.8 Å². The molecule has 8 nitrogen and oxygen atoms in total. The molecule has 0 aliphatic rings. The number of amides is 2. The first-order valence-electron chi connectivity index (χ1n) is 10.9. The second-order valence-electron chi connectivity index (χ2n) is 7.48. The number of rotatable bonds is 11. The molecule has 0 aliphatic carbocycles. The molecule has 3 rings (SSSR count). The van der Waals surface area contributed by atoms with Crippen LogP contribution in [0.5, 0.6) is 17.2 Å². The molecule has 3 aromatic rings. The minimum atomic E-state index is -0.338. The maximum atomic E-state index is 12.1. The van der Waals surface area contributed by atoms with Crippen LogP contribution in [0.15, 0.2) is 70.2 Å². The van der Waals surface area contributed by atoms with Crippen LogP contribution in [0.2, 0.25) is 5.02 Å². The molecule has 0 spiro atoms. The molecule has 36 heavy (non-hydrogen) atoms. The molecule has 10 heteroatoms. The summed E-state index contributed by atoms with van der Waals surface area (Å²) in [5, 5.41) is 7.34. The van der Waals surface area contributed by atoms with Gasteiger partial charge in [0.25, 0.3) is 5.91 Å². The lowest BCUT2D eigenvalue weighted by atomic mass is 10.2. The lowest BCUT2D eigenvalue weighted by molar-refractivity contribution is -0.120. The summed E-state index contributed by atoms with van der Waals surface area (Å²) >= 11 is 9.42. The van der Waals surface area contributed by atoms with Crippen LogP contribution in [0.1, 0.15) is 27.9 Å². The van der Waals surface area contributed by atoms with Crippen molar-refractivity contribution < 1.29 is 23.8 Å². The smallest absolute Gasteiger partial charge is 0.251 e. The highest BCUT2D eigenvalue weighted by Gasteiger charge is 2.12. The van der Waals surface area contributed by atoms with E-state index in [1.807, 2.05) is 12.1 Å². The molecule has 0 aliphatic heterocycles. The molecule has 0 saturated heterocycles. The van der Waals surface area contributed by atoms with E-state index in [0.29, 0.717) is 44.5 Å². The quantitative estimate of drug-likeness (QED) is 0.249. The van der Waals surface area contributed by atoms with Gasteiger partial charge in [-0.05, 0) is 75.6 Å². The highest BCUT2D eigenvalue weighted by atomic mass is 79.9. The first kappa shape index (κ1) is 27.0. The highest BCUT2D eigenvalue weighted by molar-refractivity contribution is 9.10. The molecule has 0 bridgehead atoms. The molecule has 2 N–H and O–H groups in total. The molecule has 0 heterocycles. The monoisotopic (exact) mass is 573 g/mol. The van der Waals surface area contributed by atoms with Gasteiger partial charge in [0.1, 0.15) is 12.4 Å².